The highest BCUT2D eigenvalue weighted by atomic mass is 35.5. The fraction of sp³-hybridized carbons (Fsp3) is 0.278. The van der Waals surface area contributed by atoms with Crippen LogP contribution in [0.5, 0.6) is 0 Å². The molecule has 0 saturated carbocycles. The number of piperidine rings is 1. The van der Waals surface area contributed by atoms with Gasteiger partial charge in [-0.3, -0.25) is 9.48 Å². The molecule has 0 spiro atoms. The van der Waals surface area contributed by atoms with Crippen molar-refractivity contribution in [1.29, 1.82) is 0 Å². The molecule has 1 aliphatic rings. The number of nitrogens with zero attached hydrogens (tertiary/aromatic N) is 5. The first kappa shape index (κ1) is 15.9. The second-order valence-electron chi connectivity index (χ2n) is 6.10. The molecular weight excluding hydrogens is 338 g/mol. The second-order valence-corrected chi connectivity index (χ2v) is 6.48. The molecule has 7 heteroatoms. The van der Waals surface area contributed by atoms with Gasteiger partial charge in [0, 0.05) is 25.5 Å². The van der Waals surface area contributed by atoms with Gasteiger partial charge in [-0.2, -0.15) is 14.9 Å². The van der Waals surface area contributed by atoms with Gasteiger partial charge in [-0.05, 0) is 31.0 Å². The van der Waals surface area contributed by atoms with Crippen molar-refractivity contribution in [1.82, 2.24) is 19.6 Å². The summed E-state index contributed by atoms with van der Waals surface area (Å²) in [6.45, 7) is 1.64. The van der Waals surface area contributed by atoms with Gasteiger partial charge in [-0.1, -0.05) is 29.8 Å². The Balaban J connectivity index is 1.56. The molecule has 25 heavy (non-hydrogen) atoms. The maximum absolute atomic E-state index is 12.6. The third-order valence-electron chi connectivity index (χ3n) is 4.61. The van der Waals surface area contributed by atoms with Crippen molar-refractivity contribution in [2.75, 3.05) is 18.0 Å². The van der Waals surface area contributed by atoms with Gasteiger partial charge < -0.3 is 4.90 Å². The molecular formula is C18H18ClN5O. The molecule has 3 heterocycles. The highest BCUT2D eigenvalue weighted by Gasteiger charge is 2.24. The zero-order valence-electron chi connectivity index (χ0n) is 13.6. The summed E-state index contributed by atoms with van der Waals surface area (Å²) in [6, 6.07) is 11.6. The molecule has 0 amide bonds. The van der Waals surface area contributed by atoms with E-state index in [4.69, 9.17) is 11.6 Å². The first-order chi connectivity index (χ1) is 12.2. The van der Waals surface area contributed by atoms with Crippen molar-refractivity contribution in [3.8, 4) is 5.69 Å². The molecule has 6 nitrogen and oxygen atoms in total. The molecule has 0 N–H and O–H groups in total. The minimum absolute atomic E-state index is 0.219. The van der Waals surface area contributed by atoms with Crippen LogP contribution in [-0.4, -0.2) is 32.7 Å². The minimum Gasteiger partial charge on any atom is -0.369 e. The molecule has 0 aliphatic carbocycles. The van der Waals surface area contributed by atoms with E-state index >= 15 is 0 Å². The normalized spacial score (nSPS) is 15.5. The van der Waals surface area contributed by atoms with Crippen molar-refractivity contribution in [2.45, 2.75) is 18.9 Å². The smallest absolute Gasteiger partial charge is 0.292 e. The van der Waals surface area contributed by atoms with Gasteiger partial charge in [0.15, 0.2) is 0 Å². The second kappa shape index (κ2) is 6.72. The molecule has 3 aromatic rings. The molecule has 1 saturated heterocycles. The Kier molecular flexibility index (Phi) is 4.28. The minimum atomic E-state index is -0.292. The van der Waals surface area contributed by atoms with Crippen LogP contribution in [0.3, 0.4) is 0 Å². The maximum Gasteiger partial charge on any atom is 0.292 e. The van der Waals surface area contributed by atoms with Crippen molar-refractivity contribution < 1.29 is 0 Å². The maximum atomic E-state index is 12.6. The van der Waals surface area contributed by atoms with E-state index in [0.29, 0.717) is 17.4 Å². The van der Waals surface area contributed by atoms with Gasteiger partial charge >= 0.3 is 0 Å². The lowest BCUT2D eigenvalue weighted by Gasteiger charge is -2.33. The highest BCUT2D eigenvalue weighted by Crippen LogP contribution is 2.28. The van der Waals surface area contributed by atoms with Crippen molar-refractivity contribution in [2.24, 2.45) is 0 Å². The predicted molar refractivity (Wildman–Crippen MR) is 97.6 cm³/mol. The zero-order valence-corrected chi connectivity index (χ0v) is 14.4. The van der Waals surface area contributed by atoms with Crippen molar-refractivity contribution in [3.05, 3.63) is 70.4 Å². The summed E-state index contributed by atoms with van der Waals surface area (Å²) >= 11 is 6.38. The third-order valence-corrected chi connectivity index (χ3v) is 4.96. The average molecular weight is 356 g/mol. The number of halogens is 1. The van der Waals surface area contributed by atoms with Crippen LogP contribution in [0.25, 0.3) is 5.69 Å². The van der Waals surface area contributed by atoms with Crippen LogP contribution in [0.1, 0.15) is 18.9 Å². The van der Waals surface area contributed by atoms with E-state index in [1.807, 2.05) is 47.3 Å². The van der Waals surface area contributed by atoms with Gasteiger partial charge in [-0.15, -0.1) is 0 Å². The van der Waals surface area contributed by atoms with Gasteiger partial charge in [-0.25, -0.2) is 0 Å². The van der Waals surface area contributed by atoms with Crippen LogP contribution in [0, 0.1) is 0 Å². The van der Waals surface area contributed by atoms with Crippen LogP contribution in [0.15, 0.2) is 59.8 Å². The lowest BCUT2D eigenvalue weighted by atomic mass is 10.0. The van der Waals surface area contributed by atoms with Crippen LogP contribution in [0.2, 0.25) is 5.02 Å². The Morgan fingerprint density at radius 3 is 2.48 bits per heavy atom. The Morgan fingerprint density at radius 1 is 1.04 bits per heavy atom. The molecule has 128 valence electrons. The lowest BCUT2D eigenvalue weighted by molar-refractivity contribution is 0.366. The Morgan fingerprint density at radius 2 is 1.80 bits per heavy atom. The summed E-state index contributed by atoms with van der Waals surface area (Å²) in [6.07, 6.45) is 7.40. The zero-order chi connectivity index (χ0) is 17.2. The monoisotopic (exact) mass is 355 g/mol. The van der Waals surface area contributed by atoms with Crippen LogP contribution < -0.4 is 10.5 Å². The van der Waals surface area contributed by atoms with Gasteiger partial charge in [0.2, 0.25) is 0 Å². The summed E-state index contributed by atoms with van der Waals surface area (Å²) in [4.78, 5) is 14.7. The van der Waals surface area contributed by atoms with Gasteiger partial charge in [0.1, 0.15) is 5.02 Å². The summed E-state index contributed by atoms with van der Waals surface area (Å²) < 4.78 is 3.34. The van der Waals surface area contributed by atoms with Gasteiger partial charge in [0.05, 0.1) is 23.6 Å². The van der Waals surface area contributed by atoms with Crippen molar-refractivity contribution >= 4 is 17.3 Å². The molecule has 1 fully saturated rings. The van der Waals surface area contributed by atoms with E-state index in [1.54, 1.807) is 12.4 Å². The topological polar surface area (TPSA) is 56.0 Å². The SMILES string of the molecule is O=c1c(Cl)c(N2CCC(n3cccn3)CC2)cnn1-c1ccccc1. The Bertz CT molecular complexity index is 899. The fourth-order valence-corrected chi connectivity index (χ4v) is 3.51. The van der Waals surface area contributed by atoms with E-state index in [0.717, 1.165) is 25.9 Å². The lowest BCUT2D eigenvalue weighted by Crippen LogP contribution is -2.36. The molecule has 4 rings (SSSR count). The number of rotatable bonds is 3. The molecule has 0 bridgehead atoms. The highest BCUT2D eigenvalue weighted by molar-refractivity contribution is 6.33. The van der Waals surface area contributed by atoms with E-state index < -0.39 is 0 Å². The van der Waals surface area contributed by atoms with Crippen LogP contribution in [-0.2, 0) is 0 Å². The molecule has 0 unspecified atom stereocenters. The largest absolute Gasteiger partial charge is 0.369 e. The molecule has 1 aliphatic heterocycles. The first-order valence-corrected chi connectivity index (χ1v) is 8.69. The van der Waals surface area contributed by atoms with Gasteiger partial charge in [0.25, 0.3) is 5.56 Å². The summed E-state index contributed by atoms with van der Waals surface area (Å²) in [7, 11) is 0. The van der Waals surface area contributed by atoms with Crippen molar-refractivity contribution in [3.63, 3.8) is 0 Å². The Labute approximate surface area is 150 Å². The summed E-state index contributed by atoms with van der Waals surface area (Å²) in [5, 5.41) is 8.85. The summed E-state index contributed by atoms with van der Waals surface area (Å²) in [5.74, 6) is 0. The quantitative estimate of drug-likeness (QED) is 0.725. The van der Waals surface area contributed by atoms with Crippen LogP contribution in [0.4, 0.5) is 5.69 Å². The molecule has 0 radical (unpaired) electrons. The Hall–Kier alpha value is -2.60. The summed E-state index contributed by atoms with van der Waals surface area (Å²) in [5.41, 5.74) is 1.12. The predicted octanol–water partition coefficient (Wildman–Crippen LogP) is 2.92. The number of hydrogen-bond acceptors (Lipinski definition) is 4. The molecule has 2 aromatic heterocycles. The number of benzene rings is 1. The van der Waals surface area contributed by atoms with E-state index in [9.17, 15) is 4.79 Å². The number of hydrogen-bond donors (Lipinski definition) is 0. The number of anilines is 1. The standard InChI is InChI=1S/C18H18ClN5O/c19-17-16(13-21-24(18(17)25)15-5-2-1-3-6-15)22-11-7-14(8-12-22)23-10-4-9-20-23/h1-6,9-10,13-14H,7-8,11-12H2. The molecule has 0 atom stereocenters. The van der Waals surface area contributed by atoms with E-state index in [2.05, 4.69) is 15.1 Å². The number of para-hydroxylation sites is 1. The molecule has 1 aromatic carbocycles. The van der Waals surface area contributed by atoms with E-state index in [-0.39, 0.29) is 10.6 Å². The average Bonchev–Trinajstić information content (AvgIpc) is 3.20. The third kappa shape index (κ3) is 3.05. The number of aromatic nitrogens is 4. The van der Waals surface area contributed by atoms with E-state index in [1.165, 1.54) is 4.68 Å². The first-order valence-electron chi connectivity index (χ1n) is 8.31. The van der Waals surface area contributed by atoms with Crippen LogP contribution >= 0.6 is 11.6 Å². The fourth-order valence-electron chi connectivity index (χ4n) is 3.27.